The average molecular weight is 560 g/mol. The fourth-order valence-corrected chi connectivity index (χ4v) is 2.90. The Morgan fingerprint density at radius 1 is 1.00 bits per heavy atom. The van der Waals surface area contributed by atoms with Crippen molar-refractivity contribution in [1.82, 2.24) is 0 Å². The van der Waals surface area contributed by atoms with E-state index in [1.807, 2.05) is 6.07 Å². The number of aliphatic imine (C=N–C) groups is 1. The predicted molar refractivity (Wildman–Crippen MR) is 122 cm³/mol. The van der Waals surface area contributed by atoms with Crippen molar-refractivity contribution >= 4 is 60.9 Å². The molecule has 0 radical (unpaired) electrons. The molecule has 3 rings (SSSR count). The molecule has 0 N–H and O–H groups in total. The van der Waals surface area contributed by atoms with Crippen LogP contribution >= 0.6 is 32.4 Å². The fourth-order valence-electron chi connectivity index (χ4n) is 2.01. The van der Waals surface area contributed by atoms with Gasteiger partial charge in [0.1, 0.15) is 5.75 Å². The molecule has 0 atom stereocenters. The van der Waals surface area contributed by atoms with E-state index in [1.165, 1.54) is 18.3 Å². The first-order valence-corrected chi connectivity index (χ1v) is 13.6. The summed E-state index contributed by atoms with van der Waals surface area (Å²) in [5.74, 6) is 0.662. The first-order chi connectivity index (χ1) is 15.5. The zero-order valence-corrected chi connectivity index (χ0v) is 20.2. The first-order valence-electron chi connectivity index (χ1n) is 8.45. The molecular weight excluding hydrogens is 545 g/mol. The van der Waals surface area contributed by atoms with Gasteiger partial charge in [0, 0.05) is 11.5 Å². The van der Waals surface area contributed by atoms with Crippen molar-refractivity contribution in [2.24, 2.45) is 13.8 Å². The van der Waals surface area contributed by atoms with E-state index in [1.54, 1.807) is 48.5 Å². The number of hydrogen-bond acceptors (Lipinski definition) is 9. The number of allylic oxidation sites excluding steroid dienone is 2. The fraction of sp³-hybridized carbons (Fsp3) is 0.0556. The zero-order valence-electron chi connectivity index (χ0n) is 15.9. The van der Waals surface area contributed by atoms with Crippen LogP contribution in [0, 0.1) is 0 Å². The van der Waals surface area contributed by atoms with Crippen LogP contribution in [0.2, 0.25) is 0 Å². The van der Waals surface area contributed by atoms with Gasteiger partial charge < -0.3 is 9.07 Å². The summed E-state index contributed by atoms with van der Waals surface area (Å²) < 4.78 is 40.6. The number of nitrogens with zero attached hydrogens (tertiary/aromatic N) is 3. The molecule has 0 amide bonds. The van der Waals surface area contributed by atoms with E-state index in [4.69, 9.17) is 29.3 Å². The van der Waals surface area contributed by atoms with Gasteiger partial charge in [-0.15, -0.1) is 4.40 Å². The minimum absolute atomic E-state index is 0.180. The third kappa shape index (κ3) is 11.1. The van der Waals surface area contributed by atoms with Crippen molar-refractivity contribution in [2.45, 2.75) is 6.42 Å². The van der Waals surface area contributed by atoms with E-state index in [-0.39, 0.29) is 18.9 Å². The number of halogens is 2. The first kappa shape index (κ1) is 26.4. The summed E-state index contributed by atoms with van der Waals surface area (Å²) in [7, 11) is 5.42. The second-order valence-corrected chi connectivity index (χ2v) is 8.94. The van der Waals surface area contributed by atoms with Crippen LogP contribution in [0.15, 0.2) is 86.2 Å². The van der Waals surface area contributed by atoms with Crippen molar-refractivity contribution in [3.8, 4) is 11.5 Å². The van der Waals surface area contributed by atoms with E-state index in [9.17, 15) is 8.42 Å². The van der Waals surface area contributed by atoms with Crippen LogP contribution in [0.1, 0.15) is 6.42 Å². The predicted octanol–water partition coefficient (Wildman–Crippen LogP) is 5.06. The molecule has 2 aromatic carbocycles. The molecule has 0 saturated heterocycles. The van der Waals surface area contributed by atoms with Gasteiger partial charge in [-0.3, -0.25) is 4.99 Å². The van der Waals surface area contributed by atoms with Crippen LogP contribution in [0.3, 0.4) is 0 Å². The molecule has 0 saturated carbocycles. The molecule has 9 nitrogen and oxygen atoms in total. The Balaban J connectivity index is 0.00000114. The summed E-state index contributed by atoms with van der Waals surface area (Å²) in [6, 6.07) is 16.9. The van der Waals surface area contributed by atoms with Crippen molar-refractivity contribution < 1.29 is 40.0 Å². The topological polar surface area (TPSA) is 108 Å². The third-order valence-electron chi connectivity index (χ3n) is 3.23. The molecule has 0 fully saturated rings. The Labute approximate surface area is 204 Å². The summed E-state index contributed by atoms with van der Waals surface area (Å²) >= 11 is 0.836. The molecule has 0 aromatic heterocycles. The number of para-hydroxylation sites is 2. The van der Waals surface area contributed by atoms with Gasteiger partial charge in [0.25, 0.3) is 0 Å². The van der Waals surface area contributed by atoms with Gasteiger partial charge in [0.05, 0.1) is 23.8 Å². The van der Waals surface area contributed by atoms with Crippen LogP contribution < -0.4 is 9.07 Å². The molecular formula is C18H15Cl2FeN3O6S2. The minimum atomic E-state index is -4.11. The molecule has 0 aliphatic carbocycles. The van der Waals surface area contributed by atoms with Crippen molar-refractivity contribution in [3.63, 3.8) is 0 Å². The van der Waals surface area contributed by atoms with Gasteiger partial charge >= 0.3 is 43.6 Å². The van der Waals surface area contributed by atoms with Gasteiger partial charge in [-0.2, -0.15) is 12.8 Å². The Morgan fingerprint density at radius 3 is 2.28 bits per heavy atom. The summed E-state index contributed by atoms with van der Waals surface area (Å²) in [6.45, 7) is 0. The molecule has 0 unspecified atom stereocenters. The van der Waals surface area contributed by atoms with Crippen LogP contribution in [0.4, 0.5) is 0 Å². The average Bonchev–Trinajstić information content (AvgIpc) is 3.24. The summed E-state index contributed by atoms with van der Waals surface area (Å²) in [5.41, 5.74) is 0.967. The molecule has 2 aromatic rings. The van der Waals surface area contributed by atoms with E-state index in [2.05, 4.69) is 23.2 Å². The Kier molecular flexibility index (Phi) is 12.4. The Bertz CT molecular complexity index is 1050. The second kappa shape index (κ2) is 15.0. The van der Waals surface area contributed by atoms with Crippen LogP contribution in [-0.2, 0) is 32.8 Å². The standard InChI is InChI=1S/C18H15N3O6S2.2ClH.Fe/c22-29(23,25-18-9-5-2-6-10-18)20-14-16-12-11-15(21-16)13-19-28-27-26-24-17-7-3-1-4-8-17;;;/h1-11,13-14H,12H2;2*1H;/q;;;+2/p-2/b19-13+,20-14+;;;. The van der Waals surface area contributed by atoms with Crippen LogP contribution in [-0.4, -0.2) is 26.6 Å². The van der Waals surface area contributed by atoms with Gasteiger partial charge in [0.15, 0.2) is 18.0 Å². The van der Waals surface area contributed by atoms with E-state index in [0.717, 1.165) is 6.21 Å². The van der Waals surface area contributed by atoms with Crippen molar-refractivity contribution in [2.75, 3.05) is 0 Å². The zero-order chi connectivity index (χ0) is 23.1. The molecule has 1 aliphatic heterocycles. The van der Waals surface area contributed by atoms with Gasteiger partial charge in [0.2, 0.25) is 0 Å². The third-order valence-corrected chi connectivity index (χ3v) is 4.30. The van der Waals surface area contributed by atoms with Gasteiger partial charge in [-0.25, -0.2) is 0 Å². The number of hydrogen-bond donors (Lipinski definition) is 0. The molecule has 172 valence electrons. The quantitative estimate of drug-likeness (QED) is 0.0761. The SMILES string of the molecule is O=S(=O)(/N=C/C1=NC(/C=N/SOOOc2ccccc2)=CC1)Oc1ccccc1.[Cl][Fe][Cl]. The normalized spacial score (nSPS) is 13.6. The molecule has 1 heterocycles. The van der Waals surface area contributed by atoms with E-state index in [0.29, 0.717) is 35.8 Å². The number of rotatable bonds is 10. The monoisotopic (exact) mass is 559 g/mol. The molecule has 0 bridgehead atoms. The summed E-state index contributed by atoms with van der Waals surface area (Å²) in [6.07, 6.45) is 4.71. The Hall–Kier alpha value is -1.89. The van der Waals surface area contributed by atoms with Crippen molar-refractivity contribution in [3.05, 3.63) is 72.4 Å². The van der Waals surface area contributed by atoms with Gasteiger partial charge in [-0.1, -0.05) is 46.8 Å². The maximum atomic E-state index is 11.8. The molecule has 0 spiro atoms. The number of benzene rings is 2. The van der Waals surface area contributed by atoms with E-state index >= 15 is 0 Å². The second-order valence-electron chi connectivity index (χ2n) is 5.39. The Morgan fingerprint density at radius 2 is 1.62 bits per heavy atom. The summed E-state index contributed by atoms with van der Waals surface area (Å²) in [5, 5.41) is 4.52. The van der Waals surface area contributed by atoms with Crippen LogP contribution in [0.25, 0.3) is 0 Å². The van der Waals surface area contributed by atoms with Crippen molar-refractivity contribution in [1.29, 1.82) is 0 Å². The summed E-state index contributed by atoms with van der Waals surface area (Å²) in [4.78, 5) is 9.04. The van der Waals surface area contributed by atoms with Crippen LogP contribution in [0.5, 0.6) is 11.5 Å². The van der Waals surface area contributed by atoms with E-state index < -0.39 is 10.3 Å². The molecule has 1 aliphatic rings. The molecule has 32 heavy (non-hydrogen) atoms. The molecule has 14 heteroatoms. The van der Waals surface area contributed by atoms with Gasteiger partial charge in [-0.05, 0) is 24.3 Å². The maximum absolute atomic E-state index is 11.8.